The lowest BCUT2D eigenvalue weighted by Crippen LogP contribution is -2.23. The molecule has 1 amide bonds. The van der Waals surface area contributed by atoms with Crippen molar-refractivity contribution in [3.8, 4) is 0 Å². The van der Waals surface area contributed by atoms with Crippen LogP contribution in [0.4, 0.5) is 4.39 Å². The molecule has 2 nitrogen and oxygen atoms in total. The normalized spacial score (nSPS) is 10.1. The van der Waals surface area contributed by atoms with Gasteiger partial charge in [-0.05, 0) is 17.7 Å². The summed E-state index contributed by atoms with van der Waals surface area (Å²) in [5, 5.41) is 2.59. The summed E-state index contributed by atoms with van der Waals surface area (Å²) in [5.41, 5.74) is 0.909. The average Bonchev–Trinajstić information content (AvgIpc) is 2.40. The van der Waals surface area contributed by atoms with Gasteiger partial charge in [-0.3, -0.25) is 4.79 Å². The number of benzene rings is 2. The third-order valence-electron chi connectivity index (χ3n) is 2.49. The number of carbonyl (C=O) groups is 1. The Morgan fingerprint density at radius 2 is 1.83 bits per heavy atom. The van der Waals surface area contributed by atoms with Crippen LogP contribution < -0.4 is 5.32 Å². The second-order valence-electron chi connectivity index (χ2n) is 3.77. The number of hydrogen-bond donors (Lipinski definition) is 1. The summed E-state index contributed by atoms with van der Waals surface area (Å²) >= 11 is 5.62. The predicted octanol–water partition coefficient (Wildman–Crippen LogP) is 3.41. The third-order valence-corrected chi connectivity index (χ3v) is 2.78. The first-order valence-corrected chi connectivity index (χ1v) is 5.82. The molecule has 0 atom stereocenters. The van der Waals surface area contributed by atoms with Crippen molar-refractivity contribution in [1.82, 2.24) is 5.32 Å². The van der Waals surface area contributed by atoms with Gasteiger partial charge in [-0.2, -0.15) is 0 Å². The Kier molecular flexibility index (Phi) is 3.95. The molecular formula is C14H11ClFNO. The Morgan fingerprint density at radius 3 is 2.56 bits per heavy atom. The molecule has 0 aromatic heterocycles. The molecule has 0 saturated carbocycles. The van der Waals surface area contributed by atoms with Gasteiger partial charge < -0.3 is 5.32 Å². The standard InChI is InChI=1S/C14H11ClFNO/c15-12-8-4-7-11(13(12)16)14(18)17-9-10-5-2-1-3-6-10/h1-8H,9H2,(H,17,18). The molecular weight excluding hydrogens is 253 g/mol. The molecule has 2 aromatic rings. The fourth-order valence-corrected chi connectivity index (χ4v) is 1.73. The largest absolute Gasteiger partial charge is 0.348 e. The number of carbonyl (C=O) groups excluding carboxylic acids is 1. The molecule has 1 N–H and O–H groups in total. The van der Waals surface area contributed by atoms with E-state index in [9.17, 15) is 9.18 Å². The van der Waals surface area contributed by atoms with Gasteiger partial charge in [0.2, 0.25) is 0 Å². The van der Waals surface area contributed by atoms with Crippen LogP contribution >= 0.6 is 11.6 Å². The molecule has 0 saturated heterocycles. The van der Waals surface area contributed by atoms with Crippen LogP contribution in [-0.2, 0) is 6.54 Å². The summed E-state index contributed by atoms with van der Waals surface area (Å²) in [7, 11) is 0. The zero-order valence-electron chi connectivity index (χ0n) is 9.49. The van der Waals surface area contributed by atoms with Crippen molar-refractivity contribution in [2.45, 2.75) is 6.54 Å². The Morgan fingerprint density at radius 1 is 1.11 bits per heavy atom. The SMILES string of the molecule is O=C(NCc1ccccc1)c1cccc(Cl)c1F. The van der Waals surface area contributed by atoms with Crippen molar-refractivity contribution >= 4 is 17.5 Å². The van der Waals surface area contributed by atoms with Crippen LogP contribution in [-0.4, -0.2) is 5.91 Å². The van der Waals surface area contributed by atoms with Gasteiger partial charge in [-0.1, -0.05) is 48.0 Å². The lowest BCUT2D eigenvalue weighted by atomic mass is 10.2. The summed E-state index contributed by atoms with van der Waals surface area (Å²) in [4.78, 5) is 11.8. The number of hydrogen-bond acceptors (Lipinski definition) is 1. The van der Waals surface area contributed by atoms with E-state index in [2.05, 4.69) is 5.32 Å². The van der Waals surface area contributed by atoms with Gasteiger partial charge in [0.1, 0.15) is 0 Å². The summed E-state index contributed by atoms with van der Waals surface area (Å²) in [6.07, 6.45) is 0. The van der Waals surface area contributed by atoms with E-state index in [4.69, 9.17) is 11.6 Å². The van der Waals surface area contributed by atoms with E-state index in [0.29, 0.717) is 6.54 Å². The van der Waals surface area contributed by atoms with Gasteiger partial charge >= 0.3 is 0 Å². The molecule has 0 fully saturated rings. The molecule has 0 aliphatic carbocycles. The van der Waals surface area contributed by atoms with Crippen LogP contribution in [0.3, 0.4) is 0 Å². The molecule has 0 heterocycles. The maximum Gasteiger partial charge on any atom is 0.254 e. The molecule has 0 bridgehead atoms. The van der Waals surface area contributed by atoms with E-state index >= 15 is 0 Å². The van der Waals surface area contributed by atoms with Crippen LogP contribution in [0.5, 0.6) is 0 Å². The third kappa shape index (κ3) is 2.87. The zero-order chi connectivity index (χ0) is 13.0. The number of nitrogens with one attached hydrogen (secondary N) is 1. The average molecular weight is 264 g/mol. The minimum atomic E-state index is -0.690. The van der Waals surface area contributed by atoms with E-state index in [1.807, 2.05) is 30.3 Å². The monoisotopic (exact) mass is 263 g/mol. The molecule has 2 rings (SSSR count). The minimum absolute atomic E-state index is 0.0431. The van der Waals surface area contributed by atoms with Crippen molar-refractivity contribution in [2.75, 3.05) is 0 Å². The molecule has 92 valence electrons. The Labute approximate surface area is 109 Å². The predicted molar refractivity (Wildman–Crippen MR) is 69.0 cm³/mol. The van der Waals surface area contributed by atoms with E-state index in [0.717, 1.165) is 5.56 Å². The highest BCUT2D eigenvalue weighted by Gasteiger charge is 2.13. The van der Waals surface area contributed by atoms with E-state index in [1.165, 1.54) is 12.1 Å². The number of rotatable bonds is 3. The number of amides is 1. The molecule has 0 unspecified atom stereocenters. The van der Waals surface area contributed by atoms with Crippen LogP contribution in [0.1, 0.15) is 15.9 Å². The van der Waals surface area contributed by atoms with Crippen molar-refractivity contribution < 1.29 is 9.18 Å². The Bertz CT molecular complexity index is 557. The minimum Gasteiger partial charge on any atom is -0.348 e. The summed E-state index contributed by atoms with van der Waals surface area (Å²) in [6.45, 7) is 0.353. The highest BCUT2D eigenvalue weighted by Crippen LogP contribution is 2.17. The van der Waals surface area contributed by atoms with Crippen molar-refractivity contribution in [1.29, 1.82) is 0 Å². The fourth-order valence-electron chi connectivity index (χ4n) is 1.55. The van der Waals surface area contributed by atoms with Gasteiger partial charge in [0.25, 0.3) is 5.91 Å². The second kappa shape index (κ2) is 5.65. The molecule has 18 heavy (non-hydrogen) atoms. The molecule has 0 aliphatic rings. The first-order valence-electron chi connectivity index (χ1n) is 5.44. The Hall–Kier alpha value is -1.87. The van der Waals surface area contributed by atoms with Gasteiger partial charge in [0.05, 0.1) is 10.6 Å². The molecule has 4 heteroatoms. The van der Waals surface area contributed by atoms with Gasteiger partial charge in [0, 0.05) is 6.54 Å². The lowest BCUT2D eigenvalue weighted by molar-refractivity contribution is 0.0947. The van der Waals surface area contributed by atoms with E-state index in [-0.39, 0.29) is 10.6 Å². The van der Waals surface area contributed by atoms with Crippen LogP contribution in [0.2, 0.25) is 5.02 Å². The zero-order valence-corrected chi connectivity index (χ0v) is 10.2. The summed E-state index contributed by atoms with van der Waals surface area (Å²) < 4.78 is 13.6. The highest BCUT2D eigenvalue weighted by molar-refractivity contribution is 6.31. The summed E-state index contributed by atoms with van der Waals surface area (Å²) in [5.74, 6) is -1.16. The first-order chi connectivity index (χ1) is 8.68. The number of halogens is 2. The lowest BCUT2D eigenvalue weighted by Gasteiger charge is -2.06. The molecule has 0 aliphatic heterocycles. The fraction of sp³-hybridized carbons (Fsp3) is 0.0714. The van der Waals surface area contributed by atoms with Crippen molar-refractivity contribution in [3.05, 3.63) is 70.5 Å². The smallest absolute Gasteiger partial charge is 0.254 e. The quantitative estimate of drug-likeness (QED) is 0.903. The van der Waals surface area contributed by atoms with E-state index in [1.54, 1.807) is 6.07 Å². The van der Waals surface area contributed by atoms with Crippen LogP contribution in [0.15, 0.2) is 48.5 Å². The Balaban J connectivity index is 2.07. The van der Waals surface area contributed by atoms with Crippen LogP contribution in [0, 0.1) is 5.82 Å². The van der Waals surface area contributed by atoms with Crippen molar-refractivity contribution in [3.63, 3.8) is 0 Å². The van der Waals surface area contributed by atoms with Gasteiger partial charge in [-0.15, -0.1) is 0 Å². The summed E-state index contributed by atoms with van der Waals surface area (Å²) in [6, 6.07) is 13.8. The van der Waals surface area contributed by atoms with E-state index < -0.39 is 11.7 Å². The molecule has 2 aromatic carbocycles. The molecule has 0 radical (unpaired) electrons. The second-order valence-corrected chi connectivity index (χ2v) is 4.18. The van der Waals surface area contributed by atoms with Gasteiger partial charge in [-0.25, -0.2) is 4.39 Å². The maximum absolute atomic E-state index is 13.6. The van der Waals surface area contributed by atoms with Crippen LogP contribution in [0.25, 0.3) is 0 Å². The first kappa shape index (κ1) is 12.6. The van der Waals surface area contributed by atoms with Crippen molar-refractivity contribution in [2.24, 2.45) is 0 Å². The molecule has 0 spiro atoms. The highest BCUT2D eigenvalue weighted by atomic mass is 35.5. The topological polar surface area (TPSA) is 29.1 Å². The van der Waals surface area contributed by atoms with Gasteiger partial charge in [0.15, 0.2) is 5.82 Å². The maximum atomic E-state index is 13.6.